The van der Waals surface area contributed by atoms with Gasteiger partial charge in [0.25, 0.3) is 0 Å². The van der Waals surface area contributed by atoms with Crippen molar-refractivity contribution in [2.75, 3.05) is 19.7 Å². The van der Waals surface area contributed by atoms with E-state index in [1.54, 1.807) is 0 Å². The molecule has 3 rings (SSSR count). The Balaban J connectivity index is 1.66. The number of rotatable bonds is 6. The second kappa shape index (κ2) is 7.66. The van der Waals surface area contributed by atoms with Gasteiger partial charge in [-0.2, -0.15) is 0 Å². The zero-order valence-corrected chi connectivity index (χ0v) is 14.8. The van der Waals surface area contributed by atoms with Gasteiger partial charge in [-0.3, -0.25) is 10.1 Å². The van der Waals surface area contributed by atoms with Crippen LogP contribution in [-0.2, 0) is 16.8 Å². The van der Waals surface area contributed by atoms with Crippen LogP contribution >= 0.6 is 0 Å². The Morgan fingerprint density at radius 2 is 2.04 bits per heavy atom. The number of carbonyl (C=O) groups is 1. The van der Waals surface area contributed by atoms with Crippen molar-refractivity contribution < 1.29 is 9.90 Å². The summed E-state index contributed by atoms with van der Waals surface area (Å²) in [6, 6.07) is 8.65. The number of hydrogen-bond acceptors (Lipinski definition) is 3. The Morgan fingerprint density at radius 1 is 1.29 bits per heavy atom. The fourth-order valence-electron chi connectivity index (χ4n) is 4.47. The predicted molar refractivity (Wildman–Crippen MR) is 95.8 cm³/mol. The van der Waals surface area contributed by atoms with E-state index in [1.807, 2.05) is 17.0 Å². The van der Waals surface area contributed by atoms with Crippen LogP contribution in [0, 0.1) is 0 Å². The Morgan fingerprint density at radius 3 is 2.75 bits per heavy atom. The Kier molecular flexibility index (Phi) is 5.57. The van der Waals surface area contributed by atoms with E-state index in [0.717, 1.165) is 37.8 Å². The molecule has 0 spiro atoms. The van der Waals surface area contributed by atoms with Crippen LogP contribution in [0.1, 0.15) is 56.6 Å². The van der Waals surface area contributed by atoms with E-state index in [2.05, 4.69) is 24.4 Å². The van der Waals surface area contributed by atoms with E-state index >= 15 is 0 Å². The van der Waals surface area contributed by atoms with E-state index in [-0.39, 0.29) is 12.5 Å². The monoisotopic (exact) mass is 330 g/mol. The van der Waals surface area contributed by atoms with Crippen molar-refractivity contribution in [3.05, 3.63) is 35.4 Å². The van der Waals surface area contributed by atoms with E-state index in [0.29, 0.717) is 12.6 Å². The van der Waals surface area contributed by atoms with E-state index in [4.69, 9.17) is 0 Å². The van der Waals surface area contributed by atoms with Gasteiger partial charge in [-0.05, 0) is 43.7 Å². The van der Waals surface area contributed by atoms with Crippen LogP contribution in [-0.4, -0.2) is 41.7 Å². The lowest BCUT2D eigenvalue weighted by Crippen LogP contribution is -2.51. The van der Waals surface area contributed by atoms with Crippen molar-refractivity contribution in [3.8, 4) is 0 Å². The van der Waals surface area contributed by atoms with Crippen LogP contribution in [0.5, 0.6) is 0 Å². The van der Waals surface area contributed by atoms with Crippen molar-refractivity contribution in [2.24, 2.45) is 0 Å². The number of likely N-dealkylation sites (N-methyl/N-ethyl adjacent to an activating group) is 1. The van der Waals surface area contributed by atoms with Crippen LogP contribution in [0.15, 0.2) is 24.3 Å². The van der Waals surface area contributed by atoms with Gasteiger partial charge in [-0.25, -0.2) is 0 Å². The predicted octanol–water partition coefficient (Wildman–Crippen LogP) is 2.59. The molecule has 2 aliphatic carbocycles. The first kappa shape index (κ1) is 17.4. The average Bonchev–Trinajstić information content (AvgIpc) is 3.01. The SMILES string of the molecule is CCN(C(=O)CNC1(CO)CCc2ccccc21)C1CCCCC1. The number of aliphatic hydroxyl groups is 1. The maximum absolute atomic E-state index is 12.8. The number of aliphatic hydroxyl groups excluding tert-OH is 1. The van der Waals surface area contributed by atoms with Crippen molar-refractivity contribution in [3.63, 3.8) is 0 Å². The van der Waals surface area contributed by atoms with Gasteiger partial charge in [0, 0.05) is 12.6 Å². The van der Waals surface area contributed by atoms with E-state index < -0.39 is 5.54 Å². The highest BCUT2D eigenvalue weighted by atomic mass is 16.3. The summed E-state index contributed by atoms with van der Waals surface area (Å²) >= 11 is 0. The number of fused-ring (bicyclic) bond motifs is 1. The second-order valence-electron chi connectivity index (χ2n) is 7.22. The van der Waals surface area contributed by atoms with Crippen LogP contribution in [0.2, 0.25) is 0 Å². The lowest BCUT2D eigenvalue weighted by atomic mass is 9.92. The molecule has 1 unspecified atom stereocenters. The summed E-state index contributed by atoms with van der Waals surface area (Å²) in [5.41, 5.74) is 1.98. The maximum Gasteiger partial charge on any atom is 0.236 e. The van der Waals surface area contributed by atoms with Crippen LogP contribution in [0.3, 0.4) is 0 Å². The molecule has 0 saturated heterocycles. The summed E-state index contributed by atoms with van der Waals surface area (Å²) < 4.78 is 0. The lowest BCUT2D eigenvalue weighted by Gasteiger charge is -2.35. The quantitative estimate of drug-likeness (QED) is 0.843. The highest BCUT2D eigenvalue weighted by Crippen LogP contribution is 2.36. The van der Waals surface area contributed by atoms with Crippen LogP contribution in [0.25, 0.3) is 0 Å². The molecule has 1 aromatic rings. The fourth-order valence-corrected chi connectivity index (χ4v) is 4.47. The Labute approximate surface area is 145 Å². The number of carbonyl (C=O) groups excluding carboxylic acids is 1. The van der Waals surface area contributed by atoms with Crippen molar-refractivity contribution >= 4 is 5.91 Å². The summed E-state index contributed by atoms with van der Waals surface area (Å²) in [5.74, 6) is 0.168. The molecule has 1 atom stereocenters. The van der Waals surface area contributed by atoms with E-state index in [1.165, 1.54) is 24.8 Å². The molecule has 1 fully saturated rings. The Bertz CT molecular complexity index is 569. The van der Waals surface area contributed by atoms with Gasteiger partial charge >= 0.3 is 0 Å². The minimum absolute atomic E-state index is 0.0346. The molecule has 4 heteroatoms. The summed E-state index contributed by atoms with van der Waals surface area (Å²) in [6.07, 6.45) is 7.83. The molecule has 1 saturated carbocycles. The minimum Gasteiger partial charge on any atom is -0.394 e. The molecular formula is C20H30N2O2. The summed E-state index contributed by atoms with van der Waals surface area (Å²) in [7, 11) is 0. The third-order valence-electron chi connectivity index (χ3n) is 5.88. The molecule has 2 aliphatic rings. The van der Waals surface area contributed by atoms with Gasteiger partial charge in [0.1, 0.15) is 0 Å². The molecular weight excluding hydrogens is 300 g/mol. The van der Waals surface area contributed by atoms with Crippen molar-refractivity contribution in [1.29, 1.82) is 0 Å². The average molecular weight is 330 g/mol. The first-order valence-electron chi connectivity index (χ1n) is 9.44. The molecule has 0 aromatic heterocycles. The highest BCUT2D eigenvalue weighted by molar-refractivity contribution is 5.78. The van der Waals surface area contributed by atoms with Gasteiger partial charge in [0.15, 0.2) is 0 Å². The number of hydrogen-bond donors (Lipinski definition) is 2. The van der Waals surface area contributed by atoms with Gasteiger partial charge < -0.3 is 10.0 Å². The molecule has 0 aliphatic heterocycles. The summed E-state index contributed by atoms with van der Waals surface area (Å²) in [4.78, 5) is 14.8. The molecule has 132 valence electrons. The zero-order chi connectivity index (χ0) is 17.0. The molecule has 1 aromatic carbocycles. The topological polar surface area (TPSA) is 52.6 Å². The number of nitrogens with one attached hydrogen (secondary N) is 1. The Hall–Kier alpha value is -1.39. The van der Waals surface area contributed by atoms with Gasteiger partial charge in [0.05, 0.1) is 18.7 Å². The standard InChI is InChI=1S/C20H30N2O2/c1-2-22(17-9-4-3-5-10-17)19(24)14-21-20(15-23)13-12-16-8-6-7-11-18(16)20/h6-8,11,17,21,23H,2-5,9-10,12-15H2,1H3. The van der Waals surface area contributed by atoms with Crippen molar-refractivity contribution in [1.82, 2.24) is 10.2 Å². The zero-order valence-electron chi connectivity index (χ0n) is 14.8. The molecule has 1 amide bonds. The molecule has 0 bridgehead atoms. The number of aryl methyl sites for hydroxylation is 1. The highest BCUT2D eigenvalue weighted by Gasteiger charge is 2.38. The molecule has 0 heterocycles. The fraction of sp³-hybridized carbons (Fsp3) is 0.650. The molecule has 24 heavy (non-hydrogen) atoms. The summed E-state index contributed by atoms with van der Waals surface area (Å²) in [5, 5.41) is 13.4. The second-order valence-corrected chi connectivity index (χ2v) is 7.22. The van der Waals surface area contributed by atoms with Crippen LogP contribution < -0.4 is 5.32 Å². The molecule has 2 N–H and O–H groups in total. The number of benzene rings is 1. The smallest absolute Gasteiger partial charge is 0.236 e. The largest absolute Gasteiger partial charge is 0.394 e. The third-order valence-corrected chi connectivity index (χ3v) is 5.88. The van der Waals surface area contributed by atoms with Gasteiger partial charge in [-0.1, -0.05) is 43.5 Å². The lowest BCUT2D eigenvalue weighted by molar-refractivity contribution is -0.133. The third kappa shape index (κ3) is 3.35. The molecule has 4 nitrogen and oxygen atoms in total. The van der Waals surface area contributed by atoms with Gasteiger partial charge in [0.2, 0.25) is 5.91 Å². The summed E-state index contributed by atoms with van der Waals surface area (Å²) in [6.45, 7) is 3.18. The van der Waals surface area contributed by atoms with E-state index in [9.17, 15) is 9.90 Å². The first-order chi connectivity index (χ1) is 11.7. The minimum atomic E-state index is -0.460. The van der Waals surface area contributed by atoms with Gasteiger partial charge in [-0.15, -0.1) is 0 Å². The number of nitrogens with zero attached hydrogens (tertiary/aromatic N) is 1. The first-order valence-corrected chi connectivity index (χ1v) is 9.44. The molecule has 0 radical (unpaired) electrons. The maximum atomic E-state index is 12.8. The normalized spacial score (nSPS) is 23.9. The number of amides is 1. The van der Waals surface area contributed by atoms with Crippen molar-refractivity contribution in [2.45, 2.75) is 63.5 Å². The van der Waals surface area contributed by atoms with Crippen LogP contribution in [0.4, 0.5) is 0 Å².